The second-order valence-corrected chi connectivity index (χ2v) is 10.8. The number of aryl methyl sites for hydroxylation is 1. The number of hydrogen-bond acceptors (Lipinski definition) is 6. The predicted octanol–water partition coefficient (Wildman–Crippen LogP) is 6.00. The first kappa shape index (κ1) is 26.8. The minimum absolute atomic E-state index is 0. The van der Waals surface area contributed by atoms with Gasteiger partial charge in [0.15, 0.2) is 0 Å². The monoisotopic (exact) mass is 537 g/mol. The number of carbonyl (C=O) groups excluding carboxylic acids is 1. The van der Waals surface area contributed by atoms with Crippen molar-refractivity contribution in [1.29, 1.82) is 0 Å². The molecule has 1 aromatic carbocycles. The zero-order valence-corrected chi connectivity index (χ0v) is 22.9. The van der Waals surface area contributed by atoms with E-state index >= 15 is 0 Å². The summed E-state index contributed by atoms with van der Waals surface area (Å²) in [5, 5.41) is 18.0. The lowest BCUT2D eigenvalue weighted by Crippen LogP contribution is -2.36. The number of halogens is 1. The molecular formula is C28H32ClN5O2S. The minimum atomic E-state index is -0.307. The average molecular weight is 538 g/mol. The molecular weight excluding hydrogens is 506 g/mol. The molecule has 0 aliphatic heterocycles. The fourth-order valence-corrected chi connectivity index (χ4v) is 5.48. The normalized spacial score (nSPS) is 14.8. The van der Waals surface area contributed by atoms with Crippen molar-refractivity contribution in [2.45, 2.75) is 65.0 Å². The Kier molecular flexibility index (Phi) is 8.29. The van der Waals surface area contributed by atoms with Crippen LogP contribution in [-0.2, 0) is 24.3 Å². The molecule has 0 spiro atoms. The number of fused-ring (bicyclic) bond motifs is 1. The van der Waals surface area contributed by atoms with Crippen LogP contribution in [0.4, 0.5) is 5.69 Å². The minimum Gasteiger partial charge on any atom is -0.508 e. The van der Waals surface area contributed by atoms with E-state index in [-0.39, 0.29) is 30.0 Å². The molecule has 3 heterocycles. The Morgan fingerprint density at radius 2 is 2.08 bits per heavy atom. The van der Waals surface area contributed by atoms with Crippen LogP contribution >= 0.6 is 23.7 Å². The van der Waals surface area contributed by atoms with Crippen molar-refractivity contribution in [3.63, 3.8) is 0 Å². The number of carbonyl (C=O) groups is 1. The highest BCUT2D eigenvalue weighted by Crippen LogP contribution is 2.38. The molecule has 1 atom stereocenters. The maximum atomic E-state index is 14.1. The average Bonchev–Trinajstić information content (AvgIpc) is 3.50. The highest BCUT2D eigenvalue weighted by molar-refractivity contribution is 7.09. The Morgan fingerprint density at radius 3 is 2.78 bits per heavy atom. The van der Waals surface area contributed by atoms with Crippen LogP contribution < -0.4 is 4.90 Å². The zero-order valence-electron chi connectivity index (χ0n) is 21.3. The standard InChI is InChI=1S/C28H31N5O2S.ClH/c1-18(2)26-11-10-22(13-29-26)33(15-20-12-30-32(14-20)16-21-17-36-19(3)31-21)28(35)25-8-4-7-24-23(25)6-5-9-27(24)34;/h5-6,9-14,17-18,25,34H,4,7-8,15-16H2,1-3H3;1H. The molecule has 0 saturated carbocycles. The zero-order chi connectivity index (χ0) is 25.2. The van der Waals surface area contributed by atoms with E-state index in [2.05, 4.69) is 28.9 Å². The molecule has 37 heavy (non-hydrogen) atoms. The first-order valence-corrected chi connectivity index (χ1v) is 13.3. The van der Waals surface area contributed by atoms with E-state index in [1.165, 1.54) is 0 Å². The third kappa shape index (κ3) is 5.86. The molecule has 7 nitrogen and oxygen atoms in total. The van der Waals surface area contributed by atoms with Gasteiger partial charge >= 0.3 is 0 Å². The summed E-state index contributed by atoms with van der Waals surface area (Å²) in [6.07, 6.45) is 8.00. The number of phenolic OH excluding ortho intramolecular Hbond substituents is 1. The van der Waals surface area contributed by atoms with Gasteiger partial charge in [0.2, 0.25) is 5.91 Å². The summed E-state index contributed by atoms with van der Waals surface area (Å²) in [7, 11) is 0. The number of aromatic nitrogens is 4. The van der Waals surface area contributed by atoms with Crippen LogP contribution in [0.2, 0.25) is 0 Å². The molecule has 1 N–H and O–H groups in total. The Balaban J connectivity index is 0.00000320. The van der Waals surface area contributed by atoms with Crippen molar-refractivity contribution >= 4 is 35.3 Å². The highest BCUT2D eigenvalue weighted by atomic mass is 35.5. The number of amides is 1. The molecule has 0 radical (unpaired) electrons. The third-order valence-corrected chi connectivity index (χ3v) is 7.56. The van der Waals surface area contributed by atoms with Crippen LogP contribution in [0.1, 0.15) is 71.6 Å². The van der Waals surface area contributed by atoms with Gasteiger partial charge in [0, 0.05) is 22.8 Å². The van der Waals surface area contributed by atoms with Gasteiger partial charge in [-0.2, -0.15) is 5.10 Å². The van der Waals surface area contributed by atoms with Crippen LogP contribution in [0.15, 0.2) is 54.3 Å². The molecule has 4 aromatic rings. The first-order valence-electron chi connectivity index (χ1n) is 12.4. The van der Waals surface area contributed by atoms with Crippen LogP contribution in [0.5, 0.6) is 5.75 Å². The number of anilines is 1. The maximum absolute atomic E-state index is 14.1. The third-order valence-electron chi connectivity index (χ3n) is 6.74. The fourth-order valence-electron chi connectivity index (χ4n) is 4.87. The first-order chi connectivity index (χ1) is 17.4. The summed E-state index contributed by atoms with van der Waals surface area (Å²) < 4.78 is 1.86. The molecule has 1 aliphatic rings. The van der Waals surface area contributed by atoms with Gasteiger partial charge < -0.3 is 10.0 Å². The number of phenols is 1. The molecule has 3 aromatic heterocycles. The lowest BCUT2D eigenvalue weighted by molar-refractivity contribution is -0.120. The number of nitrogens with zero attached hydrogens (tertiary/aromatic N) is 5. The molecule has 0 bridgehead atoms. The summed E-state index contributed by atoms with van der Waals surface area (Å²) in [6.45, 7) is 7.19. The smallest absolute Gasteiger partial charge is 0.234 e. The SMILES string of the molecule is Cc1nc(Cn2cc(CN(C(=O)C3CCCc4c(O)cccc43)c3ccc(C(C)C)nc3)cn2)cs1.Cl. The fraction of sp³-hybridized carbons (Fsp3) is 0.357. The van der Waals surface area contributed by atoms with Crippen LogP contribution in [-0.4, -0.2) is 30.8 Å². The van der Waals surface area contributed by atoms with Gasteiger partial charge in [0.25, 0.3) is 0 Å². The molecule has 0 fully saturated rings. The summed E-state index contributed by atoms with van der Waals surface area (Å²) in [6, 6.07) is 9.48. The van der Waals surface area contributed by atoms with Gasteiger partial charge in [0.1, 0.15) is 5.75 Å². The lowest BCUT2D eigenvalue weighted by Gasteiger charge is -2.31. The quantitative estimate of drug-likeness (QED) is 0.313. The Labute approximate surface area is 227 Å². The van der Waals surface area contributed by atoms with Crippen LogP contribution in [0.25, 0.3) is 0 Å². The van der Waals surface area contributed by atoms with E-state index in [1.807, 2.05) is 58.5 Å². The van der Waals surface area contributed by atoms with Crippen molar-refractivity contribution in [1.82, 2.24) is 19.7 Å². The second kappa shape index (κ2) is 11.4. The summed E-state index contributed by atoms with van der Waals surface area (Å²) in [4.78, 5) is 25.0. The molecule has 0 saturated heterocycles. The summed E-state index contributed by atoms with van der Waals surface area (Å²) >= 11 is 1.63. The highest BCUT2D eigenvalue weighted by Gasteiger charge is 2.32. The number of rotatable bonds is 7. The number of pyridine rings is 1. The summed E-state index contributed by atoms with van der Waals surface area (Å²) in [5.74, 6) is 0.296. The van der Waals surface area contributed by atoms with E-state index in [9.17, 15) is 9.90 Å². The maximum Gasteiger partial charge on any atom is 0.234 e. The van der Waals surface area contributed by atoms with E-state index in [0.717, 1.165) is 58.0 Å². The van der Waals surface area contributed by atoms with Gasteiger partial charge in [-0.3, -0.25) is 14.5 Å². The van der Waals surface area contributed by atoms with Gasteiger partial charge in [-0.1, -0.05) is 26.0 Å². The Hall–Kier alpha value is -3.23. The molecule has 1 unspecified atom stereocenters. The van der Waals surface area contributed by atoms with Crippen LogP contribution in [0.3, 0.4) is 0 Å². The van der Waals surface area contributed by atoms with Crippen LogP contribution in [0, 0.1) is 6.92 Å². The Morgan fingerprint density at radius 1 is 1.24 bits per heavy atom. The number of thiazole rings is 1. The van der Waals surface area contributed by atoms with Gasteiger partial charge in [-0.05, 0) is 61.4 Å². The van der Waals surface area contributed by atoms with Crippen molar-refractivity contribution in [3.05, 3.63) is 87.4 Å². The topological polar surface area (TPSA) is 84.1 Å². The second-order valence-electron chi connectivity index (χ2n) is 9.71. The largest absolute Gasteiger partial charge is 0.508 e. The van der Waals surface area contributed by atoms with E-state index in [1.54, 1.807) is 23.6 Å². The van der Waals surface area contributed by atoms with E-state index in [0.29, 0.717) is 19.0 Å². The van der Waals surface area contributed by atoms with Crippen molar-refractivity contribution < 1.29 is 9.90 Å². The predicted molar refractivity (Wildman–Crippen MR) is 149 cm³/mol. The van der Waals surface area contributed by atoms with Gasteiger partial charge in [-0.25, -0.2) is 4.98 Å². The number of aromatic hydroxyl groups is 1. The van der Waals surface area contributed by atoms with E-state index in [4.69, 9.17) is 0 Å². The summed E-state index contributed by atoms with van der Waals surface area (Å²) in [5.41, 5.74) is 5.49. The number of benzene rings is 1. The van der Waals surface area contributed by atoms with Gasteiger partial charge in [-0.15, -0.1) is 23.7 Å². The molecule has 5 rings (SSSR count). The molecule has 194 valence electrons. The molecule has 1 aliphatic carbocycles. The molecule has 9 heteroatoms. The Bertz CT molecular complexity index is 1370. The number of hydrogen-bond donors (Lipinski definition) is 1. The molecule has 1 amide bonds. The van der Waals surface area contributed by atoms with E-state index < -0.39 is 0 Å². The van der Waals surface area contributed by atoms with Crippen molar-refractivity contribution in [2.75, 3.05) is 4.90 Å². The van der Waals surface area contributed by atoms with Crippen molar-refractivity contribution in [3.8, 4) is 5.75 Å². The lowest BCUT2D eigenvalue weighted by atomic mass is 9.81. The van der Waals surface area contributed by atoms with Crippen molar-refractivity contribution in [2.24, 2.45) is 0 Å². The van der Waals surface area contributed by atoms with Gasteiger partial charge in [0.05, 0.1) is 47.8 Å².